The van der Waals surface area contributed by atoms with Gasteiger partial charge in [-0.05, 0) is 15.4 Å². The normalized spacial score (nSPS) is 19.9. The van der Waals surface area contributed by atoms with E-state index in [9.17, 15) is 9.90 Å². The van der Waals surface area contributed by atoms with Crippen LogP contribution >= 0.6 is 12.2 Å². The molecule has 3 rings (SSSR count). The Morgan fingerprint density at radius 2 is 1.59 bits per heavy atom. The fraction of sp³-hybridized carbons (Fsp3) is 0.364. The van der Waals surface area contributed by atoms with E-state index in [4.69, 9.17) is 22.4 Å². The van der Waals surface area contributed by atoms with Gasteiger partial charge in [-0.1, -0.05) is 93.7 Å². The molecule has 2 aromatic rings. The van der Waals surface area contributed by atoms with Gasteiger partial charge in [0.05, 0.1) is 17.1 Å². The maximum Gasteiger partial charge on any atom is 0.407 e. The van der Waals surface area contributed by atoms with E-state index in [2.05, 4.69) is 45.0 Å². The molecule has 1 fully saturated rings. The number of benzene rings is 2. The van der Waals surface area contributed by atoms with Crippen molar-refractivity contribution in [3.63, 3.8) is 0 Å². The Morgan fingerprint density at radius 3 is 1.93 bits per heavy atom. The Balaban J connectivity index is 2.10. The molecule has 29 heavy (non-hydrogen) atoms. The van der Waals surface area contributed by atoms with Gasteiger partial charge in [-0.15, -0.1) is 0 Å². The SMILES string of the molecule is CC(C)(C)[Si](O[C@@H]1C[C@@H](C(N)=S)N(C(=O)O)C1)(c1ccccc1)c1ccccc1. The third-order valence-corrected chi connectivity index (χ3v) is 11.0. The van der Waals surface area contributed by atoms with Crippen LogP contribution in [-0.2, 0) is 4.43 Å². The molecule has 1 heterocycles. The van der Waals surface area contributed by atoms with E-state index in [0.717, 1.165) is 0 Å². The Hall–Kier alpha value is -2.22. The summed E-state index contributed by atoms with van der Waals surface area (Å²) in [6.07, 6.45) is -0.813. The second-order valence-electron chi connectivity index (χ2n) is 8.49. The smallest absolute Gasteiger partial charge is 0.407 e. The van der Waals surface area contributed by atoms with Crippen LogP contribution in [0.15, 0.2) is 60.7 Å². The molecule has 7 heteroatoms. The Labute approximate surface area is 178 Å². The number of nitrogens with two attached hydrogens (primary N) is 1. The zero-order chi connectivity index (χ0) is 21.2. The maximum atomic E-state index is 11.7. The summed E-state index contributed by atoms with van der Waals surface area (Å²) >= 11 is 5.13. The maximum absolute atomic E-state index is 11.7. The number of amides is 1. The van der Waals surface area contributed by atoms with Gasteiger partial charge in [0.25, 0.3) is 8.32 Å². The summed E-state index contributed by atoms with van der Waals surface area (Å²) in [5, 5.41) is 11.8. The number of hydrogen-bond acceptors (Lipinski definition) is 3. The van der Waals surface area contributed by atoms with Crippen molar-refractivity contribution in [1.82, 2.24) is 4.90 Å². The lowest BCUT2D eigenvalue weighted by molar-refractivity contribution is 0.139. The van der Waals surface area contributed by atoms with Crippen molar-refractivity contribution in [2.75, 3.05) is 6.54 Å². The number of thiocarbonyl (C=S) groups is 1. The molecule has 2 aromatic carbocycles. The van der Waals surface area contributed by atoms with E-state index in [1.807, 2.05) is 36.4 Å². The van der Waals surface area contributed by atoms with Crippen LogP contribution in [0.25, 0.3) is 0 Å². The van der Waals surface area contributed by atoms with Crippen molar-refractivity contribution in [2.24, 2.45) is 5.73 Å². The van der Waals surface area contributed by atoms with Crippen LogP contribution in [-0.4, -0.2) is 48.1 Å². The average molecular weight is 429 g/mol. The lowest BCUT2D eigenvalue weighted by Crippen LogP contribution is -2.67. The van der Waals surface area contributed by atoms with Crippen molar-refractivity contribution in [3.8, 4) is 0 Å². The van der Waals surface area contributed by atoms with Crippen LogP contribution in [0.4, 0.5) is 4.79 Å². The minimum Gasteiger partial charge on any atom is -0.465 e. The fourth-order valence-corrected chi connectivity index (χ4v) is 9.21. The number of carbonyl (C=O) groups is 1. The van der Waals surface area contributed by atoms with E-state index >= 15 is 0 Å². The third kappa shape index (κ3) is 4.08. The van der Waals surface area contributed by atoms with Gasteiger partial charge in [0, 0.05) is 13.0 Å². The minimum absolute atomic E-state index is 0.176. The molecule has 0 saturated carbocycles. The first-order chi connectivity index (χ1) is 13.7. The van der Waals surface area contributed by atoms with Gasteiger partial charge >= 0.3 is 6.09 Å². The summed E-state index contributed by atoms with van der Waals surface area (Å²) in [6, 6.07) is 20.1. The topological polar surface area (TPSA) is 75.8 Å². The number of hydrogen-bond donors (Lipinski definition) is 2. The summed E-state index contributed by atoms with van der Waals surface area (Å²) in [7, 11) is -2.75. The molecule has 0 bridgehead atoms. The lowest BCUT2D eigenvalue weighted by atomic mass is 10.2. The van der Waals surface area contributed by atoms with Crippen LogP contribution < -0.4 is 16.1 Å². The van der Waals surface area contributed by atoms with Crippen molar-refractivity contribution in [3.05, 3.63) is 60.7 Å². The van der Waals surface area contributed by atoms with Gasteiger partial charge in [-0.3, -0.25) is 4.90 Å². The first-order valence-electron chi connectivity index (χ1n) is 9.74. The van der Waals surface area contributed by atoms with Crippen molar-refractivity contribution in [2.45, 2.75) is 44.4 Å². The molecular weight excluding hydrogens is 400 g/mol. The van der Waals surface area contributed by atoms with Gasteiger partial charge in [-0.2, -0.15) is 0 Å². The highest BCUT2D eigenvalue weighted by molar-refractivity contribution is 7.80. The van der Waals surface area contributed by atoms with Crippen LogP contribution in [0.1, 0.15) is 27.2 Å². The number of likely N-dealkylation sites (tertiary alicyclic amines) is 1. The van der Waals surface area contributed by atoms with Gasteiger partial charge in [0.15, 0.2) is 0 Å². The van der Waals surface area contributed by atoms with Crippen LogP contribution in [0.2, 0.25) is 5.04 Å². The highest BCUT2D eigenvalue weighted by Gasteiger charge is 2.53. The molecular formula is C22H28N2O3SSi. The summed E-state index contributed by atoms with van der Waals surface area (Å²) in [4.78, 5) is 13.2. The molecule has 0 aliphatic carbocycles. The van der Waals surface area contributed by atoms with Gasteiger partial charge < -0.3 is 15.3 Å². The third-order valence-electron chi connectivity index (χ3n) is 5.60. The summed E-state index contributed by atoms with van der Waals surface area (Å²) < 4.78 is 7.02. The van der Waals surface area contributed by atoms with Gasteiger partial charge in [-0.25, -0.2) is 4.79 Å². The minimum atomic E-state index is -2.75. The molecule has 1 aliphatic heterocycles. The van der Waals surface area contributed by atoms with Crippen LogP contribution in [0.5, 0.6) is 0 Å². The van der Waals surface area contributed by atoms with E-state index in [1.54, 1.807) is 0 Å². The van der Waals surface area contributed by atoms with Crippen molar-refractivity contribution >= 4 is 42.0 Å². The molecule has 154 valence electrons. The average Bonchev–Trinajstić information content (AvgIpc) is 3.11. The zero-order valence-electron chi connectivity index (χ0n) is 17.0. The number of carboxylic acid groups (broad SMARTS) is 1. The molecule has 1 aliphatic rings. The molecule has 5 nitrogen and oxygen atoms in total. The summed E-state index contributed by atoms with van der Waals surface area (Å²) in [5.41, 5.74) is 5.84. The van der Waals surface area contributed by atoms with Crippen LogP contribution in [0.3, 0.4) is 0 Å². The quantitative estimate of drug-likeness (QED) is 0.566. The summed E-state index contributed by atoms with van der Waals surface area (Å²) in [6.45, 7) is 6.87. The molecule has 0 unspecified atom stereocenters. The zero-order valence-corrected chi connectivity index (χ0v) is 18.9. The van der Waals surface area contributed by atoms with Crippen molar-refractivity contribution < 1.29 is 14.3 Å². The highest BCUT2D eigenvalue weighted by Crippen LogP contribution is 2.39. The molecule has 0 aromatic heterocycles. The van der Waals surface area contributed by atoms with Gasteiger partial charge in [0.1, 0.15) is 0 Å². The number of nitrogens with zero attached hydrogens (tertiary/aromatic N) is 1. The molecule has 1 saturated heterocycles. The van der Waals surface area contributed by atoms with E-state index < -0.39 is 20.5 Å². The fourth-order valence-electron chi connectivity index (χ4n) is 4.31. The molecule has 2 atom stereocenters. The van der Waals surface area contributed by atoms with Crippen molar-refractivity contribution in [1.29, 1.82) is 0 Å². The largest absolute Gasteiger partial charge is 0.465 e. The van der Waals surface area contributed by atoms with Gasteiger partial charge in [0.2, 0.25) is 0 Å². The number of rotatable bonds is 5. The Morgan fingerprint density at radius 1 is 1.10 bits per heavy atom. The second-order valence-corrected chi connectivity index (χ2v) is 13.2. The summed E-state index contributed by atoms with van der Waals surface area (Å²) in [5.74, 6) is 0. The second kappa shape index (κ2) is 8.26. The van der Waals surface area contributed by atoms with E-state index in [1.165, 1.54) is 15.3 Å². The van der Waals surface area contributed by atoms with E-state index in [-0.39, 0.29) is 22.7 Å². The van der Waals surface area contributed by atoms with Crippen LogP contribution in [0, 0.1) is 0 Å². The predicted molar refractivity (Wildman–Crippen MR) is 122 cm³/mol. The first kappa shape index (κ1) is 21.5. The lowest BCUT2D eigenvalue weighted by Gasteiger charge is -2.44. The standard InChI is InChI=1S/C22H28N2O3SSi/c1-22(2,3)29(17-10-6-4-7-11-17,18-12-8-5-9-13-18)27-16-14-19(20(23)28)24(15-16)21(25)26/h4-13,16,19H,14-15H2,1-3H3,(H2,23,28)(H,25,26)/t16-,19+/m1/s1. The molecule has 1 amide bonds. The van der Waals surface area contributed by atoms with E-state index in [0.29, 0.717) is 6.42 Å². The predicted octanol–water partition coefficient (Wildman–Crippen LogP) is 2.97. The highest BCUT2D eigenvalue weighted by atomic mass is 32.1. The Bertz CT molecular complexity index is 809. The molecule has 0 spiro atoms. The monoisotopic (exact) mass is 428 g/mol. The Kier molecular flexibility index (Phi) is 6.12. The molecule has 3 N–H and O–H groups in total. The molecule has 0 radical (unpaired) electrons. The first-order valence-corrected chi connectivity index (χ1v) is 12.1.